The van der Waals surface area contributed by atoms with Gasteiger partial charge in [-0.3, -0.25) is 4.79 Å². The molecule has 25 heavy (non-hydrogen) atoms. The van der Waals surface area contributed by atoms with Crippen LogP contribution in [0.4, 0.5) is 4.39 Å². The molecule has 0 spiro atoms. The summed E-state index contributed by atoms with van der Waals surface area (Å²) in [5, 5.41) is 1.02. The average molecular weight is 380 g/mol. The molecule has 0 aromatic heterocycles. The Hall–Kier alpha value is -1.72. The lowest BCUT2D eigenvalue weighted by Gasteiger charge is -2.21. The molecule has 6 heteroatoms. The second-order valence-electron chi connectivity index (χ2n) is 5.81. The van der Waals surface area contributed by atoms with Gasteiger partial charge >= 0.3 is 0 Å². The number of carbonyl (C=O) groups is 1. The third-order valence-electron chi connectivity index (χ3n) is 4.28. The van der Waals surface area contributed by atoms with E-state index in [9.17, 15) is 9.18 Å². The van der Waals surface area contributed by atoms with Crippen molar-refractivity contribution < 1.29 is 13.9 Å². The summed E-state index contributed by atoms with van der Waals surface area (Å²) in [5.41, 5.74) is 1.46. The SMILES string of the molecule is COc1ccc(C(=O)N2CCS[C@@H](c3ccccc3Cl)CC2)cc1F. The molecule has 0 bridgehead atoms. The maximum atomic E-state index is 13.9. The van der Waals surface area contributed by atoms with Gasteiger partial charge < -0.3 is 9.64 Å². The van der Waals surface area contributed by atoms with Crippen LogP contribution in [0.25, 0.3) is 0 Å². The van der Waals surface area contributed by atoms with Gasteiger partial charge in [-0.25, -0.2) is 4.39 Å². The van der Waals surface area contributed by atoms with Crippen molar-refractivity contribution >= 4 is 29.3 Å². The Morgan fingerprint density at radius 3 is 2.80 bits per heavy atom. The van der Waals surface area contributed by atoms with Gasteiger partial charge in [0.25, 0.3) is 5.91 Å². The highest BCUT2D eigenvalue weighted by atomic mass is 35.5. The Morgan fingerprint density at radius 2 is 2.08 bits per heavy atom. The van der Waals surface area contributed by atoms with Crippen molar-refractivity contribution in [3.8, 4) is 5.75 Å². The van der Waals surface area contributed by atoms with Gasteiger partial charge in [0.1, 0.15) is 0 Å². The quantitative estimate of drug-likeness (QED) is 0.766. The molecule has 1 aliphatic rings. The summed E-state index contributed by atoms with van der Waals surface area (Å²) in [4.78, 5) is 14.5. The number of halogens is 2. The zero-order chi connectivity index (χ0) is 17.8. The predicted octanol–water partition coefficient (Wildman–Crippen LogP) is 4.81. The van der Waals surface area contributed by atoms with E-state index in [0.717, 1.165) is 22.8 Å². The topological polar surface area (TPSA) is 29.5 Å². The lowest BCUT2D eigenvalue weighted by atomic mass is 10.1. The summed E-state index contributed by atoms with van der Waals surface area (Å²) >= 11 is 8.11. The predicted molar refractivity (Wildman–Crippen MR) is 100 cm³/mol. The number of methoxy groups -OCH3 is 1. The number of nitrogens with zero attached hydrogens (tertiary/aromatic N) is 1. The minimum absolute atomic E-state index is 0.141. The monoisotopic (exact) mass is 379 g/mol. The Labute approximate surface area is 156 Å². The summed E-state index contributed by atoms with van der Waals surface area (Å²) in [5.74, 6) is 0.287. The van der Waals surface area contributed by atoms with Crippen LogP contribution in [0.15, 0.2) is 42.5 Å². The van der Waals surface area contributed by atoms with Crippen LogP contribution in [0.2, 0.25) is 5.02 Å². The lowest BCUT2D eigenvalue weighted by molar-refractivity contribution is 0.0766. The first-order valence-corrected chi connectivity index (χ1v) is 9.51. The van der Waals surface area contributed by atoms with E-state index in [2.05, 4.69) is 0 Å². The fourth-order valence-corrected chi connectivity index (χ4v) is 4.54. The van der Waals surface area contributed by atoms with Gasteiger partial charge in [-0.15, -0.1) is 0 Å². The molecule has 0 unspecified atom stereocenters. The number of hydrogen-bond acceptors (Lipinski definition) is 3. The van der Waals surface area contributed by atoms with Crippen molar-refractivity contribution in [1.29, 1.82) is 0 Å². The largest absolute Gasteiger partial charge is 0.494 e. The molecule has 1 amide bonds. The summed E-state index contributed by atoms with van der Waals surface area (Å²) in [7, 11) is 1.40. The second kappa shape index (κ2) is 8.11. The Morgan fingerprint density at radius 1 is 1.28 bits per heavy atom. The van der Waals surface area contributed by atoms with E-state index in [-0.39, 0.29) is 16.9 Å². The van der Waals surface area contributed by atoms with Crippen molar-refractivity contribution in [3.05, 3.63) is 64.4 Å². The molecule has 1 aliphatic heterocycles. The van der Waals surface area contributed by atoms with E-state index in [1.807, 2.05) is 24.3 Å². The van der Waals surface area contributed by atoms with Crippen molar-refractivity contribution in [1.82, 2.24) is 4.90 Å². The van der Waals surface area contributed by atoms with Gasteiger partial charge in [-0.05, 0) is 36.2 Å². The summed E-state index contributed by atoms with van der Waals surface area (Å²) < 4.78 is 18.8. The van der Waals surface area contributed by atoms with Gasteiger partial charge in [0, 0.05) is 34.7 Å². The first-order chi connectivity index (χ1) is 12.1. The molecule has 2 aromatic rings. The van der Waals surface area contributed by atoms with Gasteiger partial charge in [0.2, 0.25) is 0 Å². The van der Waals surface area contributed by atoms with Crippen LogP contribution in [0, 0.1) is 5.82 Å². The van der Waals surface area contributed by atoms with Crippen LogP contribution in [0.1, 0.15) is 27.6 Å². The van der Waals surface area contributed by atoms with E-state index in [1.165, 1.54) is 19.2 Å². The van der Waals surface area contributed by atoms with E-state index < -0.39 is 5.82 Å². The minimum atomic E-state index is -0.522. The van der Waals surface area contributed by atoms with Gasteiger partial charge in [0.05, 0.1) is 7.11 Å². The number of amides is 1. The molecule has 0 N–H and O–H groups in total. The van der Waals surface area contributed by atoms with Crippen LogP contribution in [-0.4, -0.2) is 36.8 Å². The zero-order valence-electron chi connectivity index (χ0n) is 13.9. The third-order valence-corrected chi connectivity index (χ3v) is 5.93. The number of rotatable bonds is 3. The van der Waals surface area contributed by atoms with Crippen molar-refractivity contribution in [2.24, 2.45) is 0 Å². The van der Waals surface area contributed by atoms with Gasteiger partial charge in [0.15, 0.2) is 11.6 Å². The smallest absolute Gasteiger partial charge is 0.253 e. The van der Waals surface area contributed by atoms with Gasteiger partial charge in [-0.2, -0.15) is 11.8 Å². The molecule has 3 rings (SSSR count). The fourth-order valence-electron chi connectivity index (χ4n) is 2.94. The van der Waals surface area contributed by atoms with Crippen LogP contribution < -0.4 is 4.74 Å². The molecular formula is C19H19ClFNO2S. The first kappa shape index (κ1) is 18.1. The maximum Gasteiger partial charge on any atom is 0.253 e. The molecule has 1 atom stereocenters. The molecule has 0 saturated carbocycles. The summed E-state index contributed by atoms with van der Waals surface area (Å²) in [6, 6.07) is 12.2. The standard InChI is InChI=1S/C19H19ClFNO2S/c1-24-17-7-6-13(12-16(17)21)19(23)22-9-8-18(25-11-10-22)14-4-2-3-5-15(14)20/h2-7,12,18H,8-11H2,1H3/t18-/m1/s1. The Bertz CT molecular complexity index is 771. The van der Waals surface area contributed by atoms with Crippen molar-refractivity contribution in [2.75, 3.05) is 26.0 Å². The van der Waals surface area contributed by atoms with E-state index >= 15 is 0 Å². The molecule has 1 heterocycles. The number of thioether (sulfide) groups is 1. The van der Waals surface area contributed by atoms with Crippen LogP contribution in [-0.2, 0) is 0 Å². The van der Waals surface area contributed by atoms with E-state index in [0.29, 0.717) is 18.7 Å². The highest BCUT2D eigenvalue weighted by Crippen LogP contribution is 2.38. The van der Waals surface area contributed by atoms with Crippen molar-refractivity contribution in [3.63, 3.8) is 0 Å². The first-order valence-electron chi connectivity index (χ1n) is 8.09. The van der Waals surface area contributed by atoms with Crippen LogP contribution >= 0.6 is 23.4 Å². The van der Waals surface area contributed by atoms with Crippen LogP contribution in [0.3, 0.4) is 0 Å². The third kappa shape index (κ3) is 4.10. The summed E-state index contributed by atoms with van der Waals surface area (Å²) in [6.07, 6.45) is 0.818. The molecule has 1 fully saturated rings. The highest BCUT2D eigenvalue weighted by Gasteiger charge is 2.24. The van der Waals surface area contributed by atoms with E-state index in [4.69, 9.17) is 16.3 Å². The molecular weight excluding hydrogens is 361 g/mol. The van der Waals surface area contributed by atoms with Gasteiger partial charge in [-0.1, -0.05) is 29.8 Å². The molecule has 3 nitrogen and oxygen atoms in total. The number of carbonyl (C=O) groups excluding carboxylic acids is 1. The Balaban J connectivity index is 1.71. The molecule has 2 aromatic carbocycles. The second-order valence-corrected chi connectivity index (χ2v) is 7.53. The fraction of sp³-hybridized carbons (Fsp3) is 0.316. The number of hydrogen-bond donors (Lipinski definition) is 0. The zero-order valence-corrected chi connectivity index (χ0v) is 15.4. The minimum Gasteiger partial charge on any atom is -0.494 e. The number of benzene rings is 2. The summed E-state index contributed by atoms with van der Waals surface area (Å²) in [6.45, 7) is 1.26. The van der Waals surface area contributed by atoms with E-state index in [1.54, 1.807) is 22.7 Å². The molecule has 0 radical (unpaired) electrons. The lowest BCUT2D eigenvalue weighted by Crippen LogP contribution is -2.33. The molecule has 0 aliphatic carbocycles. The maximum absolute atomic E-state index is 13.9. The van der Waals surface area contributed by atoms with Crippen molar-refractivity contribution in [2.45, 2.75) is 11.7 Å². The molecule has 1 saturated heterocycles. The molecule has 132 valence electrons. The Kier molecular flexibility index (Phi) is 5.86. The highest BCUT2D eigenvalue weighted by molar-refractivity contribution is 7.99. The van der Waals surface area contributed by atoms with Crippen LogP contribution in [0.5, 0.6) is 5.75 Å². The number of ether oxygens (including phenoxy) is 1. The average Bonchev–Trinajstić information content (AvgIpc) is 2.87. The normalized spacial score (nSPS) is 17.9.